The van der Waals surface area contributed by atoms with Crippen LogP contribution in [-0.4, -0.2) is 28.6 Å². The summed E-state index contributed by atoms with van der Waals surface area (Å²) in [5.74, 6) is 0.325. The normalized spacial score (nSPS) is 23.7. The number of aromatic nitrogens is 1. The molecule has 98 valence electrons. The van der Waals surface area contributed by atoms with Gasteiger partial charge in [0, 0.05) is 18.8 Å². The molecule has 0 aliphatic heterocycles. The second kappa shape index (κ2) is 6.29. The maximum atomic E-state index is 12.1. The topological polar surface area (TPSA) is 62.2 Å². The fraction of sp³-hybridized carbons (Fsp3) is 0.538. The first-order chi connectivity index (χ1) is 8.70. The minimum absolute atomic E-state index is 0.0811. The smallest absolute Gasteiger partial charge is 0.254 e. The van der Waals surface area contributed by atoms with E-state index in [1.807, 2.05) is 0 Å². The number of nitrogens with zero attached hydrogens (tertiary/aromatic N) is 1. The van der Waals surface area contributed by atoms with Crippen molar-refractivity contribution in [2.45, 2.75) is 31.7 Å². The minimum Gasteiger partial charge on any atom is -0.396 e. The maximum Gasteiger partial charge on any atom is 0.254 e. The number of rotatable bonds is 3. The number of hydrogen-bond acceptors (Lipinski definition) is 3. The molecular formula is C13H17BrN2O2. The first-order valence-electron chi connectivity index (χ1n) is 6.23. The minimum atomic E-state index is -0.0811. The average molecular weight is 313 g/mol. The highest BCUT2D eigenvalue weighted by molar-refractivity contribution is 9.10. The third-order valence-corrected chi connectivity index (χ3v) is 4.08. The van der Waals surface area contributed by atoms with Crippen LogP contribution in [0.4, 0.5) is 0 Å². The number of aliphatic hydroxyl groups is 1. The maximum absolute atomic E-state index is 12.1. The fourth-order valence-electron chi connectivity index (χ4n) is 2.31. The lowest BCUT2D eigenvalue weighted by molar-refractivity contribution is 0.0912. The quantitative estimate of drug-likeness (QED) is 0.840. The van der Waals surface area contributed by atoms with Crippen molar-refractivity contribution in [1.82, 2.24) is 10.3 Å². The van der Waals surface area contributed by atoms with Crippen LogP contribution in [0.1, 0.15) is 36.0 Å². The second-order valence-electron chi connectivity index (χ2n) is 4.72. The molecule has 18 heavy (non-hydrogen) atoms. The molecular weight excluding hydrogens is 296 g/mol. The summed E-state index contributed by atoms with van der Waals surface area (Å²) in [4.78, 5) is 16.1. The van der Waals surface area contributed by atoms with Crippen molar-refractivity contribution >= 4 is 21.8 Å². The molecule has 1 saturated carbocycles. The number of carbonyl (C=O) groups is 1. The van der Waals surface area contributed by atoms with Gasteiger partial charge in [-0.2, -0.15) is 0 Å². The summed E-state index contributed by atoms with van der Waals surface area (Å²) < 4.78 is 0.576. The molecule has 1 amide bonds. The summed E-state index contributed by atoms with van der Waals surface area (Å²) in [7, 11) is 0. The predicted octanol–water partition coefficient (Wildman–Crippen LogP) is 2.12. The van der Waals surface area contributed by atoms with Crippen molar-refractivity contribution < 1.29 is 9.90 Å². The van der Waals surface area contributed by atoms with Crippen LogP contribution in [0.25, 0.3) is 0 Å². The van der Waals surface area contributed by atoms with E-state index in [0.717, 1.165) is 25.7 Å². The molecule has 0 aromatic carbocycles. The fourth-order valence-corrected chi connectivity index (χ4v) is 2.74. The van der Waals surface area contributed by atoms with E-state index in [1.54, 1.807) is 18.3 Å². The molecule has 0 atom stereocenters. The SMILES string of the molecule is O=C(NC1CCC(CO)CC1)c1cccnc1Br. The molecule has 5 heteroatoms. The van der Waals surface area contributed by atoms with Gasteiger partial charge in [-0.05, 0) is 59.7 Å². The van der Waals surface area contributed by atoms with E-state index < -0.39 is 0 Å². The zero-order valence-corrected chi connectivity index (χ0v) is 11.7. The number of nitrogens with one attached hydrogen (secondary N) is 1. The van der Waals surface area contributed by atoms with Crippen LogP contribution < -0.4 is 5.32 Å². The van der Waals surface area contributed by atoms with Crippen molar-refractivity contribution in [3.05, 3.63) is 28.5 Å². The van der Waals surface area contributed by atoms with Crippen LogP contribution in [0.15, 0.2) is 22.9 Å². The molecule has 1 aromatic rings. The molecule has 1 aliphatic rings. The van der Waals surface area contributed by atoms with Gasteiger partial charge in [-0.3, -0.25) is 4.79 Å². The Morgan fingerprint density at radius 2 is 2.17 bits per heavy atom. The van der Waals surface area contributed by atoms with E-state index >= 15 is 0 Å². The summed E-state index contributed by atoms with van der Waals surface area (Å²) in [6.45, 7) is 0.259. The average Bonchev–Trinajstić information content (AvgIpc) is 2.40. The first kappa shape index (κ1) is 13.5. The zero-order chi connectivity index (χ0) is 13.0. The van der Waals surface area contributed by atoms with Crippen molar-refractivity contribution in [2.24, 2.45) is 5.92 Å². The summed E-state index contributed by atoms with van der Waals surface area (Å²) in [5.41, 5.74) is 0.571. The molecule has 2 rings (SSSR count). The van der Waals surface area contributed by atoms with Crippen molar-refractivity contribution in [3.8, 4) is 0 Å². The third-order valence-electron chi connectivity index (χ3n) is 3.44. The van der Waals surface area contributed by atoms with Crippen molar-refractivity contribution in [1.29, 1.82) is 0 Å². The Kier molecular flexibility index (Phi) is 4.72. The molecule has 0 spiro atoms. The number of carbonyl (C=O) groups excluding carboxylic acids is 1. The molecule has 1 fully saturated rings. The molecule has 0 radical (unpaired) electrons. The van der Waals surface area contributed by atoms with Gasteiger partial charge in [0.2, 0.25) is 0 Å². The van der Waals surface area contributed by atoms with Gasteiger partial charge in [-0.15, -0.1) is 0 Å². The van der Waals surface area contributed by atoms with E-state index in [2.05, 4.69) is 26.2 Å². The molecule has 0 bridgehead atoms. The van der Waals surface area contributed by atoms with Crippen LogP contribution >= 0.6 is 15.9 Å². The van der Waals surface area contributed by atoms with Crippen molar-refractivity contribution in [2.75, 3.05) is 6.61 Å². The van der Waals surface area contributed by atoms with E-state index in [1.165, 1.54) is 0 Å². The van der Waals surface area contributed by atoms with E-state index in [0.29, 0.717) is 16.1 Å². The molecule has 1 heterocycles. The highest BCUT2D eigenvalue weighted by Gasteiger charge is 2.22. The molecule has 1 aromatic heterocycles. The van der Waals surface area contributed by atoms with Gasteiger partial charge in [-0.1, -0.05) is 0 Å². The Labute approximate surface area is 115 Å². The summed E-state index contributed by atoms with van der Waals surface area (Å²) in [6.07, 6.45) is 5.49. The Morgan fingerprint density at radius 1 is 1.44 bits per heavy atom. The van der Waals surface area contributed by atoms with Gasteiger partial charge in [0.05, 0.1) is 5.56 Å². The number of pyridine rings is 1. The number of amides is 1. The molecule has 0 saturated heterocycles. The number of hydrogen-bond donors (Lipinski definition) is 2. The van der Waals surface area contributed by atoms with Gasteiger partial charge < -0.3 is 10.4 Å². The first-order valence-corrected chi connectivity index (χ1v) is 7.02. The van der Waals surface area contributed by atoms with Gasteiger partial charge in [0.15, 0.2) is 0 Å². The second-order valence-corrected chi connectivity index (χ2v) is 5.47. The van der Waals surface area contributed by atoms with Crippen LogP contribution in [0, 0.1) is 5.92 Å². The number of halogens is 1. The predicted molar refractivity (Wildman–Crippen MR) is 72.2 cm³/mol. The van der Waals surface area contributed by atoms with Crippen LogP contribution in [-0.2, 0) is 0 Å². The number of aliphatic hydroxyl groups excluding tert-OH is 1. The Morgan fingerprint density at radius 3 is 2.78 bits per heavy atom. The lowest BCUT2D eigenvalue weighted by Crippen LogP contribution is -2.38. The van der Waals surface area contributed by atoms with Gasteiger partial charge >= 0.3 is 0 Å². The summed E-state index contributed by atoms with van der Waals surface area (Å²) in [6, 6.07) is 3.72. The lowest BCUT2D eigenvalue weighted by Gasteiger charge is -2.28. The van der Waals surface area contributed by atoms with Crippen molar-refractivity contribution in [3.63, 3.8) is 0 Å². The van der Waals surface area contributed by atoms with Crippen LogP contribution in [0.3, 0.4) is 0 Å². The highest BCUT2D eigenvalue weighted by Crippen LogP contribution is 2.24. The van der Waals surface area contributed by atoms with Crippen LogP contribution in [0.5, 0.6) is 0 Å². The van der Waals surface area contributed by atoms with E-state index in [4.69, 9.17) is 5.11 Å². The molecule has 4 nitrogen and oxygen atoms in total. The Balaban J connectivity index is 1.91. The molecule has 0 unspecified atom stereocenters. The van der Waals surface area contributed by atoms with E-state index in [-0.39, 0.29) is 18.6 Å². The summed E-state index contributed by atoms with van der Waals surface area (Å²) >= 11 is 3.28. The van der Waals surface area contributed by atoms with Crippen LogP contribution in [0.2, 0.25) is 0 Å². The summed E-state index contributed by atoms with van der Waals surface area (Å²) in [5, 5.41) is 12.1. The lowest BCUT2D eigenvalue weighted by atomic mass is 9.86. The Bertz CT molecular complexity index is 417. The molecule has 2 N–H and O–H groups in total. The largest absolute Gasteiger partial charge is 0.396 e. The van der Waals surface area contributed by atoms with Gasteiger partial charge in [-0.25, -0.2) is 4.98 Å². The van der Waals surface area contributed by atoms with Gasteiger partial charge in [0.1, 0.15) is 4.60 Å². The zero-order valence-electron chi connectivity index (χ0n) is 10.1. The highest BCUT2D eigenvalue weighted by atomic mass is 79.9. The molecule has 1 aliphatic carbocycles. The standard InChI is InChI=1S/C13H17BrN2O2/c14-12-11(2-1-7-15-12)13(18)16-10-5-3-9(8-17)4-6-10/h1-2,7,9-10,17H,3-6,8H2,(H,16,18). The van der Waals surface area contributed by atoms with E-state index in [9.17, 15) is 4.79 Å². The monoisotopic (exact) mass is 312 g/mol. The third kappa shape index (κ3) is 3.29. The Hall–Kier alpha value is -0.940. The van der Waals surface area contributed by atoms with Gasteiger partial charge in [0.25, 0.3) is 5.91 Å².